The normalized spacial score (nSPS) is 10.6. The molecule has 0 saturated carbocycles. The molecule has 1 radical (unpaired) electrons. The quantitative estimate of drug-likeness (QED) is 0.593. The molecule has 0 atom stereocenters. The maximum absolute atomic E-state index is 5.85. The molecule has 0 saturated heterocycles. The van der Waals surface area contributed by atoms with Crippen molar-refractivity contribution in [3.8, 4) is 0 Å². The van der Waals surface area contributed by atoms with E-state index < -0.39 is 0 Å². The van der Waals surface area contributed by atoms with Gasteiger partial charge in [-0.05, 0) is 17.7 Å². The minimum absolute atomic E-state index is 0.389. The number of hydrogen-bond donors (Lipinski definition) is 0. The molecule has 0 fully saturated rings. The molecule has 0 spiro atoms. The molecule has 2 aromatic carbocycles. The molecule has 0 aromatic heterocycles. The highest BCUT2D eigenvalue weighted by atomic mass is 35.5. The van der Waals surface area contributed by atoms with Crippen LogP contribution in [0, 0.1) is 0 Å². The summed E-state index contributed by atoms with van der Waals surface area (Å²) in [6.07, 6.45) is 2.80. The third kappa shape index (κ3) is 3.93. The molecule has 85 valence electrons. The highest BCUT2D eigenvalue weighted by molar-refractivity contribution is 6.30. The van der Waals surface area contributed by atoms with Gasteiger partial charge in [-0.15, -0.1) is 0 Å². The van der Waals surface area contributed by atoms with Crippen molar-refractivity contribution in [1.29, 1.82) is 0 Å². The molecule has 0 heterocycles. The second-order valence-corrected chi connectivity index (χ2v) is 3.91. The van der Waals surface area contributed by atoms with Crippen molar-refractivity contribution < 1.29 is 4.84 Å². The van der Waals surface area contributed by atoms with Crippen LogP contribution in [0.25, 0.3) is 0 Å². The largest absolute Gasteiger partial charge is 0.390 e. The molecule has 2 aromatic rings. The molecule has 0 aliphatic carbocycles. The smallest absolute Gasteiger partial charge is 0.142 e. The van der Waals surface area contributed by atoms with Gasteiger partial charge in [0.05, 0.1) is 0 Å². The lowest BCUT2D eigenvalue weighted by molar-refractivity contribution is 0.132. The molecule has 3 heteroatoms. The molecule has 2 nitrogen and oxygen atoms in total. The molecule has 17 heavy (non-hydrogen) atoms. The Morgan fingerprint density at radius 1 is 1.06 bits per heavy atom. The van der Waals surface area contributed by atoms with Crippen LogP contribution in [0.1, 0.15) is 11.1 Å². The highest BCUT2D eigenvalue weighted by Gasteiger charge is 1.93. The maximum atomic E-state index is 5.85. The van der Waals surface area contributed by atoms with Gasteiger partial charge < -0.3 is 4.84 Å². The van der Waals surface area contributed by atoms with Crippen molar-refractivity contribution in [2.75, 3.05) is 0 Å². The van der Waals surface area contributed by atoms with E-state index in [4.69, 9.17) is 16.4 Å². The van der Waals surface area contributed by atoms with Gasteiger partial charge in [0.15, 0.2) is 0 Å². The van der Waals surface area contributed by atoms with Crippen LogP contribution in [0.3, 0.4) is 0 Å². The lowest BCUT2D eigenvalue weighted by Gasteiger charge is -1.99. The third-order valence-corrected chi connectivity index (χ3v) is 2.37. The van der Waals surface area contributed by atoms with Gasteiger partial charge in [0.1, 0.15) is 12.8 Å². The summed E-state index contributed by atoms with van der Waals surface area (Å²) in [5.41, 5.74) is 1.87. The van der Waals surface area contributed by atoms with Crippen molar-refractivity contribution in [1.82, 2.24) is 0 Å². The van der Waals surface area contributed by atoms with Gasteiger partial charge in [0.2, 0.25) is 0 Å². The lowest BCUT2D eigenvalue weighted by Crippen LogP contribution is -1.87. The molecule has 0 aliphatic heterocycles. The van der Waals surface area contributed by atoms with Crippen LogP contribution in [0.5, 0.6) is 0 Å². The summed E-state index contributed by atoms with van der Waals surface area (Å²) in [4.78, 5) is 5.13. The molecule has 0 aliphatic rings. The fourth-order valence-corrected chi connectivity index (χ4v) is 1.54. The van der Waals surface area contributed by atoms with E-state index in [1.54, 1.807) is 0 Å². The zero-order chi connectivity index (χ0) is 11.9. The van der Waals surface area contributed by atoms with Crippen LogP contribution in [0.4, 0.5) is 0 Å². The standard InChI is InChI=1S/C14H11ClNO/c15-14-8-4-7-13(9-14)11-17-16-10-12-5-2-1-3-6-12/h1-9H,11H2. The van der Waals surface area contributed by atoms with E-state index in [2.05, 4.69) is 11.4 Å². The van der Waals surface area contributed by atoms with Gasteiger partial charge in [0.25, 0.3) is 0 Å². The summed E-state index contributed by atoms with van der Waals surface area (Å²) in [7, 11) is 0. The minimum Gasteiger partial charge on any atom is -0.390 e. The van der Waals surface area contributed by atoms with Crippen LogP contribution < -0.4 is 0 Å². The first-order valence-corrected chi connectivity index (χ1v) is 5.60. The minimum atomic E-state index is 0.389. The monoisotopic (exact) mass is 244 g/mol. The predicted molar refractivity (Wildman–Crippen MR) is 69.2 cm³/mol. The van der Waals surface area contributed by atoms with E-state index in [1.807, 2.05) is 54.6 Å². The molecule has 0 N–H and O–H groups in total. The van der Waals surface area contributed by atoms with Crippen molar-refractivity contribution in [3.63, 3.8) is 0 Å². The first kappa shape index (κ1) is 11.7. The van der Waals surface area contributed by atoms with Crippen LogP contribution in [-0.2, 0) is 11.4 Å². The van der Waals surface area contributed by atoms with Crippen LogP contribution in [0.2, 0.25) is 5.02 Å². The van der Waals surface area contributed by atoms with Crippen molar-refractivity contribution in [3.05, 3.63) is 70.7 Å². The Hall–Kier alpha value is -1.80. The van der Waals surface area contributed by atoms with Crippen molar-refractivity contribution >= 4 is 17.8 Å². The average Bonchev–Trinajstić information content (AvgIpc) is 2.36. The Morgan fingerprint density at radius 3 is 2.65 bits per heavy atom. The molecule has 2 rings (SSSR count). The first-order valence-electron chi connectivity index (χ1n) is 5.22. The second kappa shape index (κ2) is 6.06. The number of nitrogens with zero attached hydrogens (tertiary/aromatic N) is 1. The topological polar surface area (TPSA) is 21.6 Å². The van der Waals surface area contributed by atoms with Crippen LogP contribution in [0.15, 0.2) is 59.8 Å². The lowest BCUT2D eigenvalue weighted by atomic mass is 10.2. The number of benzene rings is 2. The summed E-state index contributed by atoms with van der Waals surface area (Å²) in [5.74, 6) is 0. The maximum Gasteiger partial charge on any atom is 0.142 e. The average molecular weight is 245 g/mol. The first-order chi connectivity index (χ1) is 8.34. The number of hydrogen-bond acceptors (Lipinski definition) is 2. The fourth-order valence-electron chi connectivity index (χ4n) is 1.33. The Kier molecular flexibility index (Phi) is 4.17. The van der Waals surface area contributed by atoms with Crippen LogP contribution in [-0.4, -0.2) is 6.21 Å². The predicted octanol–water partition coefficient (Wildman–Crippen LogP) is 3.77. The van der Waals surface area contributed by atoms with E-state index in [1.165, 1.54) is 0 Å². The van der Waals surface area contributed by atoms with Gasteiger partial charge >= 0.3 is 0 Å². The molecular formula is C14H11ClNO. The Bertz CT molecular complexity index is 497. The van der Waals surface area contributed by atoms with Gasteiger partial charge in [-0.2, -0.15) is 0 Å². The zero-order valence-corrected chi connectivity index (χ0v) is 9.89. The van der Waals surface area contributed by atoms with Crippen molar-refractivity contribution in [2.24, 2.45) is 5.16 Å². The summed E-state index contributed by atoms with van der Waals surface area (Å²) in [6.45, 7) is 0.389. The zero-order valence-electron chi connectivity index (χ0n) is 9.14. The molecule has 0 bridgehead atoms. The summed E-state index contributed by atoms with van der Waals surface area (Å²) in [6, 6.07) is 17.1. The third-order valence-electron chi connectivity index (χ3n) is 2.13. The van der Waals surface area contributed by atoms with Gasteiger partial charge in [0, 0.05) is 10.6 Å². The summed E-state index contributed by atoms with van der Waals surface area (Å²) < 4.78 is 0. The number of halogens is 1. The fraction of sp³-hybridized carbons (Fsp3) is 0.0714. The summed E-state index contributed by atoms with van der Waals surface area (Å²) >= 11 is 5.85. The molecule has 0 amide bonds. The van der Waals surface area contributed by atoms with Gasteiger partial charge in [-0.1, -0.05) is 59.2 Å². The van der Waals surface area contributed by atoms with E-state index in [-0.39, 0.29) is 0 Å². The van der Waals surface area contributed by atoms with E-state index in [0.717, 1.165) is 11.1 Å². The Morgan fingerprint density at radius 2 is 1.88 bits per heavy atom. The van der Waals surface area contributed by atoms with E-state index >= 15 is 0 Å². The summed E-state index contributed by atoms with van der Waals surface area (Å²) in [5, 5.41) is 4.47. The Labute approximate surface area is 105 Å². The van der Waals surface area contributed by atoms with Crippen LogP contribution >= 0.6 is 11.6 Å². The molecule has 0 unspecified atom stereocenters. The van der Waals surface area contributed by atoms with Gasteiger partial charge in [-0.25, -0.2) is 0 Å². The SMILES string of the molecule is Clc1cccc(CO/N=[C]\c2ccccc2)c1. The van der Waals surface area contributed by atoms with E-state index in [0.29, 0.717) is 11.6 Å². The number of rotatable bonds is 4. The van der Waals surface area contributed by atoms with E-state index in [9.17, 15) is 0 Å². The Balaban J connectivity index is 1.86. The molecular weight excluding hydrogens is 234 g/mol. The van der Waals surface area contributed by atoms with Gasteiger partial charge in [-0.3, -0.25) is 0 Å². The second-order valence-electron chi connectivity index (χ2n) is 3.47. The van der Waals surface area contributed by atoms with Crippen molar-refractivity contribution in [2.45, 2.75) is 6.61 Å². The highest BCUT2D eigenvalue weighted by Crippen LogP contribution is 2.11.